The zero-order chi connectivity index (χ0) is 18.7. The molecule has 1 heterocycles. The van der Waals surface area contributed by atoms with Crippen LogP contribution in [0, 0.1) is 0 Å². The van der Waals surface area contributed by atoms with Crippen molar-refractivity contribution < 1.29 is 14.6 Å². The number of anilines is 1. The van der Waals surface area contributed by atoms with E-state index in [1.54, 1.807) is 12.1 Å². The second kappa shape index (κ2) is 8.01. The fourth-order valence-electron chi connectivity index (χ4n) is 3.04. The molecule has 0 bridgehead atoms. The van der Waals surface area contributed by atoms with Crippen LogP contribution in [0.2, 0.25) is 5.02 Å². The van der Waals surface area contributed by atoms with Crippen LogP contribution in [0.15, 0.2) is 36.4 Å². The highest BCUT2D eigenvalue weighted by Crippen LogP contribution is 2.37. The number of ether oxygens (including phenoxy) is 2. The molecule has 0 aromatic heterocycles. The molecule has 0 saturated carbocycles. The largest absolute Gasteiger partial charge is 0.502 e. The van der Waals surface area contributed by atoms with Crippen LogP contribution in [0.25, 0.3) is 0 Å². The Labute approximate surface area is 163 Å². The first-order chi connectivity index (χ1) is 12.5. The summed E-state index contributed by atoms with van der Waals surface area (Å²) < 4.78 is 10.4. The van der Waals surface area contributed by atoms with Gasteiger partial charge in [0.1, 0.15) is 4.99 Å². The van der Waals surface area contributed by atoms with Crippen molar-refractivity contribution in [3.05, 3.63) is 47.0 Å². The zero-order valence-corrected chi connectivity index (χ0v) is 16.3. The molecule has 0 atom stereocenters. The Hall–Kier alpha value is -2.18. The second-order valence-corrected chi connectivity index (χ2v) is 6.81. The highest BCUT2D eigenvalue weighted by atomic mass is 35.5. The Kier molecular flexibility index (Phi) is 5.74. The van der Waals surface area contributed by atoms with E-state index in [9.17, 15) is 5.11 Å². The van der Waals surface area contributed by atoms with E-state index in [0.29, 0.717) is 16.5 Å². The third-order valence-corrected chi connectivity index (χ3v) is 5.20. The molecule has 0 aliphatic carbocycles. The van der Waals surface area contributed by atoms with E-state index in [0.717, 1.165) is 42.5 Å². The first-order valence-electron chi connectivity index (χ1n) is 8.28. The monoisotopic (exact) mass is 392 g/mol. The summed E-state index contributed by atoms with van der Waals surface area (Å²) in [5.74, 6) is 0.672. The maximum Gasteiger partial charge on any atom is 0.200 e. The lowest BCUT2D eigenvalue weighted by atomic mass is 10.1. The molecule has 3 rings (SSSR count). The molecule has 1 N–H and O–H groups in total. The highest BCUT2D eigenvalue weighted by Gasteiger charge is 2.22. The SMILES string of the molecule is COc1cc(C(=S)N2CCN(c3cccc(Cl)c3)CC2)cc(OC)c1O. The Bertz CT molecular complexity index is 782. The summed E-state index contributed by atoms with van der Waals surface area (Å²) in [7, 11) is 3.01. The first-order valence-corrected chi connectivity index (χ1v) is 9.07. The minimum atomic E-state index is -0.0210. The van der Waals surface area contributed by atoms with Crippen molar-refractivity contribution >= 4 is 34.5 Å². The van der Waals surface area contributed by atoms with Crippen LogP contribution in [-0.4, -0.2) is 55.4 Å². The molecular formula is C19H21ClN2O3S. The van der Waals surface area contributed by atoms with Crippen molar-refractivity contribution in [2.75, 3.05) is 45.3 Å². The summed E-state index contributed by atoms with van der Waals surface area (Å²) in [4.78, 5) is 5.16. The van der Waals surface area contributed by atoms with Gasteiger partial charge in [-0.2, -0.15) is 0 Å². The molecule has 1 aliphatic heterocycles. The Balaban J connectivity index is 1.72. The number of hydrogen-bond donors (Lipinski definition) is 1. The molecule has 0 radical (unpaired) electrons. The van der Waals surface area contributed by atoms with Gasteiger partial charge >= 0.3 is 0 Å². The van der Waals surface area contributed by atoms with Gasteiger partial charge in [-0.15, -0.1) is 0 Å². The zero-order valence-electron chi connectivity index (χ0n) is 14.7. The van der Waals surface area contributed by atoms with Crippen LogP contribution in [0.1, 0.15) is 5.56 Å². The third kappa shape index (κ3) is 3.81. The maximum absolute atomic E-state index is 10.1. The van der Waals surface area contributed by atoms with Crippen molar-refractivity contribution in [2.45, 2.75) is 0 Å². The minimum Gasteiger partial charge on any atom is -0.502 e. The minimum absolute atomic E-state index is 0.0210. The molecule has 2 aromatic rings. The van der Waals surface area contributed by atoms with Crippen molar-refractivity contribution in [2.24, 2.45) is 0 Å². The molecule has 138 valence electrons. The van der Waals surface area contributed by atoms with Gasteiger partial charge in [-0.25, -0.2) is 0 Å². The lowest BCUT2D eigenvalue weighted by molar-refractivity contribution is 0.339. The fourth-order valence-corrected chi connectivity index (χ4v) is 3.53. The van der Waals surface area contributed by atoms with Gasteiger partial charge in [0.2, 0.25) is 5.75 Å². The van der Waals surface area contributed by atoms with Crippen molar-refractivity contribution in [3.8, 4) is 17.2 Å². The van der Waals surface area contributed by atoms with Gasteiger partial charge in [0.05, 0.1) is 14.2 Å². The van der Waals surface area contributed by atoms with Crippen LogP contribution in [-0.2, 0) is 0 Å². The molecule has 1 aliphatic rings. The van der Waals surface area contributed by atoms with Crippen molar-refractivity contribution in [1.82, 2.24) is 4.90 Å². The molecule has 5 nitrogen and oxygen atoms in total. The molecule has 26 heavy (non-hydrogen) atoms. The molecule has 0 spiro atoms. The van der Waals surface area contributed by atoms with E-state index in [-0.39, 0.29) is 5.75 Å². The van der Waals surface area contributed by atoms with Gasteiger partial charge < -0.3 is 24.4 Å². The Morgan fingerprint density at radius 2 is 1.65 bits per heavy atom. The number of rotatable bonds is 4. The predicted octanol–water partition coefficient (Wildman–Crippen LogP) is 3.56. The summed E-state index contributed by atoms with van der Waals surface area (Å²) in [6.45, 7) is 3.31. The molecular weight excluding hydrogens is 372 g/mol. The lowest BCUT2D eigenvalue weighted by Crippen LogP contribution is -2.48. The summed E-state index contributed by atoms with van der Waals surface area (Å²) >= 11 is 11.8. The molecule has 0 amide bonds. The molecule has 7 heteroatoms. The van der Waals surface area contributed by atoms with Crippen LogP contribution in [0.3, 0.4) is 0 Å². The van der Waals surface area contributed by atoms with Gasteiger partial charge in [0.25, 0.3) is 0 Å². The lowest BCUT2D eigenvalue weighted by Gasteiger charge is -2.37. The number of aromatic hydroxyl groups is 1. The number of methoxy groups -OCH3 is 2. The average molecular weight is 393 g/mol. The standard InChI is InChI=1S/C19H21ClN2O3S/c1-24-16-10-13(11-17(25-2)18(16)23)19(26)22-8-6-21(7-9-22)15-5-3-4-14(20)12-15/h3-5,10-12,23H,6-9H2,1-2H3. The summed E-state index contributed by atoms with van der Waals surface area (Å²) in [6, 6.07) is 11.4. The number of nitrogens with zero attached hydrogens (tertiary/aromatic N) is 2. The molecule has 1 fully saturated rings. The summed E-state index contributed by atoms with van der Waals surface area (Å²) in [5, 5.41) is 10.8. The summed E-state index contributed by atoms with van der Waals surface area (Å²) in [6.07, 6.45) is 0. The van der Waals surface area contributed by atoms with Gasteiger partial charge in [-0.3, -0.25) is 0 Å². The topological polar surface area (TPSA) is 45.2 Å². The van der Waals surface area contributed by atoms with Gasteiger partial charge in [0, 0.05) is 42.5 Å². The number of benzene rings is 2. The average Bonchev–Trinajstić information content (AvgIpc) is 2.67. The number of phenolic OH excluding ortho intramolecular Hbond substituents is 1. The number of thiocarbonyl (C=S) groups is 1. The number of hydrogen-bond acceptors (Lipinski definition) is 5. The normalized spacial score (nSPS) is 14.3. The fraction of sp³-hybridized carbons (Fsp3) is 0.316. The van der Waals surface area contributed by atoms with E-state index < -0.39 is 0 Å². The third-order valence-electron chi connectivity index (χ3n) is 4.47. The Morgan fingerprint density at radius 1 is 1.04 bits per heavy atom. The van der Waals surface area contributed by atoms with Crippen LogP contribution < -0.4 is 14.4 Å². The van der Waals surface area contributed by atoms with Crippen molar-refractivity contribution in [3.63, 3.8) is 0 Å². The molecule has 1 saturated heterocycles. The van der Waals surface area contributed by atoms with E-state index in [4.69, 9.17) is 33.3 Å². The number of piperazine rings is 1. The number of halogens is 1. The van der Waals surface area contributed by atoms with E-state index in [1.165, 1.54) is 14.2 Å². The predicted molar refractivity (Wildman–Crippen MR) is 108 cm³/mol. The Morgan fingerprint density at radius 3 is 2.19 bits per heavy atom. The van der Waals surface area contributed by atoms with Gasteiger partial charge in [0.15, 0.2) is 11.5 Å². The summed E-state index contributed by atoms with van der Waals surface area (Å²) in [5.41, 5.74) is 1.92. The van der Waals surface area contributed by atoms with Crippen LogP contribution >= 0.6 is 23.8 Å². The van der Waals surface area contributed by atoms with Crippen LogP contribution in [0.4, 0.5) is 5.69 Å². The van der Waals surface area contributed by atoms with Gasteiger partial charge in [-0.1, -0.05) is 29.9 Å². The van der Waals surface area contributed by atoms with Crippen LogP contribution in [0.5, 0.6) is 17.2 Å². The van der Waals surface area contributed by atoms with E-state index in [1.807, 2.05) is 18.2 Å². The van der Waals surface area contributed by atoms with E-state index >= 15 is 0 Å². The number of phenols is 1. The maximum atomic E-state index is 10.1. The van der Waals surface area contributed by atoms with Crippen molar-refractivity contribution in [1.29, 1.82) is 0 Å². The van der Waals surface area contributed by atoms with Gasteiger partial charge in [-0.05, 0) is 30.3 Å². The quantitative estimate of drug-likeness (QED) is 0.803. The molecule has 0 unspecified atom stereocenters. The molecule has 2 aromatic carbocycles. The smallest absolute Gasteiger partial charge is 0.200 e. The second-order valence-electron chi connectivity index (χ2n) is 5.99. The first kappa shape index (κ1) is 18.6. The van der Waals surface area contributed by atoms with E-state index in [2.05, 4.69) is 15.9 Å². The highest BCUT2D eigenvalue weighted by molar-refractivity contribution is 7.80.